The predicted octanol–water partition coefficient (Wildman–Crippen LogP) is 5.12. The van der Waals surface area contributed by atoms with Gasteiger partial charge in [0.05, 0.1) is 22.1 Å². The molecule has 1 N–H and O–H groups in total. The average Bonchev–Trinajstić information content (AvgIpc) is 3.54. The molecule has 1 atom stereocenters. The fourth-order valence-corrected chi connectivity index (χ4v) is 5.78. The lowest BCUT2D eigenvalue weighted by Gasteiger charge is -2.20. The first-order chi connectivity index (χ1) is 18.4. The first-order valence-electron chi connectivity index (χ1n) is 12.4. The van der Waals surface area contributed by atoms with Crippen LogP contribution in [0.15, 0.2) is 59.2 Å². The molecule has 4 aromatic heterocycles. The van der Waals surface area contributed by atoms with E-state index in [-0.39, 0.29) is 17.7 Å². The summed E-state index contributed by atoms with van der Waals surface area (Å²) in [5.74, 6) is 0.887. The van der Waals surface area contributed by atoms with Gasteiger partial charge in [-0.05, 0) is 57.0 Å². The molecule has 0 aromatic carbocycles. The highest BCUT2D eigenvalue weighted by Crippen LogP contribution is 2.28. The predicted molar refractivity (Wildman–Crippen MR) is 151 cm³/mol. The summed E-state index contributed by atoms with van der Waals surface area (Å²) in [6.45, 7) is 6.59. The Hall–Kier alpha value is -3.57. The van der Waals surface area contributed by atoms with Gasteiger partial charge in [0.2, 0.25) is 5.91 Å². The molecule has 0 bridgehead atoms. The van der Waals surface area contributed by atoms with Gasteiger partial charge in [-0.3, -0.25) is 14.6 Å². The highest BCUT2D eigenvalue weighted by molar-refractivity contribution is 8.00. The number of aryl methyl sites for hydroxylation is 2. The lowest BCUT2D eigenvalue weighted by atomic mass is 10.0. The Bertz CT molecular complexity index is 1390. The number of hydrogen-bond acceptors (Lipinski definition) is 8. The van der Waals surface area contributed by atoms with Gasteiger partial charge in [-0.2, -0.15) is 5.10 Å². The zero-order valence-corrected chi connectivity index (χ0v) is 23.6. The summed E-state index contributed by atoms with van der Waals surface area (Å²) >= 11 is 2.98. The maximum absolute atomic E-state index is 13.1. The first kappa shape index (κ1) is 27.5. The summed E-state index contributed by atoms with van der Waals surface area (Å²) in [5.41, 5.74) is 2.73. The molecule has 4 aromatic rings. The lowest BCUT2D eigenvalue weighted by molar-refractivity contribution is -0.127. The van der Waals surface area contributed by atoms with Crippen molar-refractivity contribution in [2.45, 2.75) is 44.4 Å². The molecule has 2 amide bonds. The molecule has 0 aliphatic carbocycles. The van der Waals surface area contributed by atoms with Crippen molar-refractivity contribution >= 4 is 40.6 Å². The molecule has 0 fully saturated rings. The molecular weight excluding hydrogens is 518 g/mol. The number of anilines is 1. The third-order valence-corrected chi connectivity index (χ3v) is 8.10. The van der Waals surface area contributed by atoms with E-state index >= 15 is 0 Å². The second-order valence-corrected chi connectivity index (χ2v) is 10.9. The summed E-state index contributed by atoms with van der Waals surface area (Å²) in [5, 5.41) is 10.1. The third-order valence-electron chi connectivity index (χ3n) is 6.09. The number of thioether (sulfide) groups is 1. The monoisotopic (exact) mass is 549 g/mol. The van der Waals surface area contributed by atoms with Crippen LogP contribution in [0, 0.1) is 13.8 Å². The molecule has 4 rings (SSSR count). The Morgan fingerprint density at radius 2 is 1.97 bits per heavy atom. The van der Waals surface area contributed by atoms with Gasteiger partial charge in [-0.15, -0.1) is 23.1 Å². The van der Waals surface area contributed by atoms with Crippen LogP contribution < -0.4 is 5.32 Å². The molecule has 9 nitrogen and oxygen atoms in total. The van der Waals surface area contributed by atoms with Crippen molar-refractivity contribution in [1.29, 1.82) is 0 Å². The number of nitrogens with one attached hydrogen (secondary N) is 1. The van der Waals surface area contributed by atoms with E-state index in [2.05, 4.69) is 32.3 Å². The molecule has 0 radical (unpaired) electrons. The number of hydrogen-bond donors (Lipinski definition) is 1. The maximum atomic E-state index is 13.1. The van der Waals surface area contributed by atoms with E-state index in [4.69, 9.17) is 0 Å². The van der Waals surface area contributed by atoms with Crippen molar-refractivity contribution in [1.82, 2.24) is 29.6 Å². The van der Waals surface area contributed by atoms with Gasteiger partial charge in [0.25, 0.3) is 5.91 Å². The average molecular weight is 550 g/mol. The van der Waals surface area contributed by atoms with Gasteiger partial charge in [-0.1, -0.05) is 6.92 Å². The zero-order valence-electron chi connectivity index (χ0n) is 21.9. The van der Waals surface area contributed by atoms with Crippen LogP contribution in [-0.2, 0) is 4.79 Å². The number of aromatic nitrogens is 5. The third kappa shape index (κ3) is 6.84. The van der Waals surface area contributed by atoms with E-state index < -0.39 is 0 Å². The number of carbonyl (C=O) groups excluding carboxylic acids is 2. The second kappa shape index (κ2) is 12.8. The van der Waals surface area contributed by atoms with Gasteiger partial charge in [0.15, 0.2) is 5.82 Å². The molecular formula is C27H31N7O2S2. The quantitative estimate of drug-likeness (QED) is 0.259. The minimum Gasteiger partial charge on any atom is -0.345 e. The fraction of sp³-hybridized carbons (Fsp3) is 0.333. The molecule has 11 heteroatoms. The molecule has 38 heavy (non-hydrogen) atoms. The van der Waals surface area contributed by atoms with Crippen LogP contribution in [0.5, 0.6) is 0 Å². The summed E-state index contributed by atoms with van der Waals surface area (Å²) in [6, 6.07) is 9.34. The number of pyridine rings is 2. The topological polar surface area (TPSA) is 106 Å². The van der Waals surface area contributed by atoms with Gasteiger partial charge in [0.1, 0.15) is 5.69 Å². The number of amides is 2. The molecule has 198 valence electrons. The van der Waals surface area contributed by atoms with Crippen molar-refractivity contribution in [2.24, 2.45) is 0 Å². The minimum absolute atomic E-state index is 0.0794. The molecule has 0 aliphatic heterocycles. The highest BCUT2D eigenvalue weighted by Gasteiger charge is 2.20. The van der Waals surface area contributed by atoms with E-state index in [0.29, 0.717) is 29.5 Å². The van der Waals surface area contributed by atoms with Gasteiger partial charge in [0, 0.05) is 54.1 Å². The van der Waals surface area contributed by atoms with Crippen LogP contribution in [0.25, 0.3) is 5.82 Å². The van der Waals surface area contributed by atoms with Crippen LogP contribution in [0.2, 0.25) is 0 Å². The van der Waals surface area contributed by atoms with E-state index in [1.165, 1.54) is 23.1 Å². The van der Waals surface area contributed by atoms with E-state index in [1.54, 1.807) is 45.7 Å². The molecule has 0 spiro atoms. The summed E-state index contributed by atoms with van der Waals surface area (Å²) in [7, 11) is 1.83. The normalized spacial score (nSPS) is 11.8. The van der Waals surface area contributed by atoms with Gasteiger partial charge < -0.3 is 10.2 Å². The van der Waals surface area contributed by atoms with Crippen LogP contribution in [0.4, 0.5) is 5.69 Å². The summed E-state index contributed by atoms with van der Waals surface area (Å²) in [6.07, 6.45) is 6.77. The number of thiazole rings is 1. The summed E-state index contributed by atoms with van der Waals surface area (Å²) in [4.78, 5) is 41.5. The smallest absolute Gasteiger partial charge is 0.275 e. The molecule has 4 heterocycles. The van der Waals surface area contributed by atoms with Crippen molar-refractivity contribution < 1.29 is 9.59 Å². The van der Waals surface area contributed by atoms with E-state index in [0.717, 1.165) is 34.1 Å². The number of nitrogens with zero attached hydrogens (tertiary/aromatic N) is 6. The van der Waals surface area contributed by atoms with Gasteiger partial charge >= 0.3 is 0 Å². The number of carbonyl (C=O) groups is 2. The molecule has 0 saturated carbocycles. The van der Waals surface area contributed by atoms with E-state index in [9.17, 15) is 9.59 Å². The SMILES string of the molecule is CCC(CCN(C)C(=O)CSc1ccncc1)c1nc(C(=O)Nc2cccnc2-n2nc(C)cc2C)cs1. The summed E-state index contributed by atoms with van der Waals surface area (Å²) < 4.78 is 1.72. The standard InChI is InChI=1S/C27H31N7O2S2/c1-5-20(10-14-33(4)24(35)17-37-21-8-12-28-13-9-21)27-31-23(16-38-27)26(36)30-22-7-6-11-29-25(22)34-19(3)15-18(2)32-34/h6-9,11-13,15-16,20H,5,10,14,17H2,1-4H3,(H,30,36). The first-order valence-corrected chi connectivity index (χ1v) is 14.2. The minimum atomic E-state index is -0.293. The van der Waals surface area contributed by atoms with Crippen molar-refractivity contribution in [3.05, 3.63) is 76.4 Å². The van der Waals surface area contributed by atoms with Crippen molar-refractivity contribution in [3.8, 4) is 5.82 Å². The van der Waals surface area contributed by atoms with Crippen LogP contribution in [-0.4, -0.2) is 60.8 Å². The maximum Gasteiger partial charge on any atom is 0.275 e. The Labute approximate surface area is 230 Å². The van der Waals surface area contributed by atoms with Crippen molar-refractivity contribution in [3.63, 3.8) is 0 Å². The number of rotatable bonds is 11. The Morgan fingerprint density at radius 1 is 1.18 bits per heavy atom. The zero-order chi connectivity index (χ0) is 27.1. The fourth-order valence-electron chi connectivity index (χ4n) is 3.94. The van der Waals surface area contributed by atoms with E-state index in [1.807, 2.05) is 39.1 Å². The Balaban J connectivity index is 1.35. The van der Waals surface area contributed by atoms with Crippen LogP contribution in [0.3, 0.4) is 0 Å². The van der Waals surface area contributed by atoms with Crippen LogP contribution >= 0.6 is 23.1 Å². The van der Waals surface area contributed by atoms with Crippen molar-refractivity contribution in [2.75, 3.05) is 24.7 Å². The van der Waals surface area contributed by atoms with Gasteiger partial charge in [-0.25, -0.2) is 14.6 Å². The molecule has 0 saturated heterocycles. The Kier molecular flexibility index (Phi) is 9.24. The van der Waals surface area contributed by atoms with Crippen LogP contribution in [0.1, 0.15) is 52.6 Å². The molecule has 0 aliphatic rings. The lowest BCUT2D eigenvalue weighted by Crippen LogP contribution is -2.30. The Morgan fingerprint density at radius 3 is 2.68 bits per heavy atom. The largest absolute Gasteiger partial charge is 0.345 e. The second-order valence-electron chi connectivity index (χ2n) is 8.92. The molecule has 1 unspecified atom stereocenters. The highest BCUT2D eigenvalue weighted by atomic mass is 32.2.